The summed E-state index contributed by atoms with van der Waals surface area (Å²) < 4.78 is 3.64. The zero-order chi connectivity index (χ0) is 16.8. The van der Waals surface area contributed by atoms with Gasteiger partial charge in [-0.2, -0.15) is 0 Å². The van der Waals surface area contributed by atoms with Crippen LogP contribution in [0, 0.1) is 0 Å². The predicted molar refractivity (Wildman–Crippen MR) is 101 cm³/mol. The van der Waals surface area contributed by atoms with Gasteiger partial charge in [-0.25, -0.2) is 4.40 Å². The van der Waals surface area contributed by atoms with E-state index in [1.807, 2.05) is 17.4 Å². The van der Waals surface area contributed by atoms with Crippen molar-refractivity contribution in [1.82, 2.24) is 19.2 Å². The first kappa shape index (κ1) is 16.2. The second-order valence-corrected chi connectivity index (χ2v) is 8.64. The van der Waals surface area contributed by atoms with E-state index >= 15 is 0 Å². The number of rotatable bonds is 3. The first-order valence-electron chi connectivity index (χ1n) is 7.91. The molecule has 0 aliphatic heterocycles. The van der Waals surface area contributed by atoms with E-state index in [9.17, 15) is 4.79 Å². The molecule has 126 valence electrons. The molecule has 3 aromatic heterocycles. The number of thioether (sulfide) groups is 1. The van der Waals surface area contributed by atoms with Crippen molar-refractivity contribution >= 4 is 50.7 Å². The fourth-order valence-corrected chi connectivity index (χ4v) is 5.66. The molecule has 0 saturated heterocycles. The summed E-state index contributed by atoms with van der Waals surface area (Å²) in [5.74, 6) is 1.33. The molecule has 0 amide bonds. The number of halogens is 1. The highest BCUT2D eigenvalue weighted by Gasteiger charge is 2.23. The molecule has 3 heterocycles. The number of hydrogen-bond donors (Lipinski definition) is 0. The summed E-state index contributed by atoms with van der Waals surface area (Å²) in [6, 6.07) is 0. The van der Waals surface area contributed by atoms with E-state index in [0.29, 0.717) is 5.78 Å². The number of hydrogen-bond acceptors (Lipinski definition) is 5. The summed E-state index contributed by atoms with van der Waals surface area (Å²) in [4.78, 5) is 15.2. The van der Waals surface area contributed by atoms with Gasteiger partial charge in [-0.05, 0) is 38.2 Å². The van der Waals surface area contributed by atoms with E-state index in [1.54, 1.807) is 34.7 Å². The third-order valence-corrected chi connectivity index (χ3v) is 6.65. The van der Waals surface area contributed by atoms with Crippen LogP contribution in [0.1, 0.15) is 30.2 Å². The fourth-order valence-electron chi connectivity index (χ4n) is 3.17. The molecule has 1 aliphatic rings. The van der Waals surface area contributed by atoms with E-state index in [-0.39, 0.29) is 5.56 Å². The lowest BCUT2D eigenvalue weighted by atomic mass is 9.97. The Labute approximate surface area is 152 Å². The average Bonchev–Trinajstić information content (AvgIpc) is 3.13. The van der Waals surface area contributed by atoms with E-state index in [0.717, 1.165) is 45.4 Å². The van der Waals surface area contributed by atoms with Gasteiger partial charge in [0.1, 0.15) is 4.83 Å². The molecular weight excluding hydrogens is 364 g/mol. The van der Waals surface area contributed by atoms with Crippen LogP contribution in [-0.2, 0) is 19.9 Å². The van der Waals surface area contributed by atoms with Crippen LogP contribution in [0.25, 0.3) is 16.0 Å². The first-order chi connectivity index (χ1) is 11.6. The second kappa shape index (κ2) is 6.20. The summed E-state index contributed by atoms with van der Waals surface area (Å²) in [6.45, 7) is 1.86. The molecule has 5 nitrogen and oxygen atoms in total. The summed E-state index contributed by atoms with van der Waals surface area (Å²) >= 11 is 9.21. The molecule has 24 heavy (non-hydrogen) atoms. The van der Waals surface area contributed by atoms with Crippen LogP contribution >= 0.6 is 34.7 Å². The molecule has 0 fully saturated rings. The molecule has 0 atom stereocenters. The van der Waals surface area contributed by atoms with Crippen molar-refractivity contribution < 1.29 is 0 Å². The van der Waals surface area contributed by atoms with Crippen LogP contribution < -0.4 is 5.56 Å². The van der Waals surface area contributed by atoms with Crippen LogP contribution in [0.3, 0.4) is 0 Å². The van der Waals surface area contributed by atoms with E-state index in [1.165, 1.54) is 16.9 Å². The lowest BCUT2D eigenvalue weighted by molar-refractivity contribution is 0.699. The Kier molecular flexibility index (Phi) is 4.18. The molecule has 0 N–H and O–H groups in total. The molecule has 3 aromatic rings. The summed E-state index contributed by atoms with van der Waals surface area (Å²) in [7, 11) is 1.77. The minimum absolute atomic E-state index is 0.0392. The third-order valence-electron chi connectivity index (χ3n) is 4.37. The zero-order valence-corrected chi connectivity index (χ0v) is 15.9. The van der Waals surface area contributed by atoms with E-state index in [2.05, 4.69) is 10.2 Å². The number of allylic oxidation sites excluding steroid dienone is 1. The van der Waals surface area contributed by atoms with Crippen molar-refractivity contribution in [2.45, 2.75) is 37.8 Å². The Balaban J connectivity index is 1.98. The molecule has 0 bridgehead atoms. The minimum atomic E-state index is 0.0392. The molecule has 0 saturated carbocycles. The van der Waals surface area contributed by atoms with Gasteiger partial charge < -0.3 is 0 Å². The van der Waals surface area contributed by atoms with Crippen molar-refractivity contribution in [2.75, 3.05) is 5.75 Å². The fraction of sp³-hybridized carbons (Fsp3) is 0.438. The van der Waals surface area contributed by atoms with Gasteiger partial charge in [0.25, 0.3) is 5.56 Å². The topological polar surface area (TPSA) is 52.2 Å². The van der Waals surface area contributed by atoms with Crippen LogP contribution in [0.4, 0.5) is 0 Å². The largest absolute Gasteiger partial charge is 0.279 e. The van der Waals surface area contributed by atoms with Gasteiger partial charge in [-0.15, -0.1) is 21.5 Å². The smallest absolute Gasteiger partial charge is 0.263 e. The Morgan fingerprint density at radius 3 is 2.96 bits per heavy atom. The number of nitrogens with zero attached hydrogens (tertiary/aromatic N) is 4. The molecule has 0 radical (unpaired) electrons. The molecule has 0 unspecified atom stereocenters. The maximum Gasteiger partial charge on any atom is 0.263 e. The molecule has 4 rings (SSSR count). The highest BCUT2D eigenvalue weighted by atomic mass is 35.5. The Hall–Kier alpha value is -1.31. The second-order valence-electron chi connectivity index (χ2n) is 5.98. The van der Waals surface area contributed by atoms with Gasteiger partial charge >= 0.3 is 0 Å². The quantitative estimate of drug-likeness (QED) is 0.649. The number of aromatic nitrogens is 4. The van der Waals surface area contributed by atoms with Gasteiger partial charge in [0.05, 0.1) is 5.39 Å². The monoisotopic (exact) mass is 380 g/mol. The van der Waals surface area contributed by atoms with Crippen molar-refractivity contribution in [1.29, 1.82) is 0 Å². The van der Waals surface area contributed by atoms with Crippen LogP contribution in [-0.4, -0.2) is 24.9 Å². The number of fused-ring (bicyclic) bond motifs is 5. The van der Waals surface area contributed by atoms with Gasteiger partial charge in [0.2, 0.25) is 5.78 Å². The Bertz CT molecular complexity index is 1030. The third kappa shape index (κ3) is 2.50. The molecular formula is C16H17ClN4OS2. The average molecular weight is 381 g/mol. The van der Waals surface area contributed by atoms with E-state index < -0.39 is 0 Å². The predicted octanol–water partition coefficient (Wildman–Crippen LogP) is 3.76. The van der Waals surface area contributed by atoms with Gasteiger partial charge in [-0.1, -0.05) is 29.4 Å². The number of thiophene rings is 1. The van der Waals surface area contributed by atoms with Crippen LogP contribution in [0.2, 0.25) is 0 Å². The lowest BCUT2D eigenvalue weighted by Crippen LogP contribution is -2.20. The molecule has 0 aromatic carbocycles. The van der Waals surface area contributed by atoms with Crippen molar-refractivity contribution in [3.8, 4) is 0 Å². The molecule has 0 spiro atoms. The normalized spacial score (nSPS) is 15.4. The summed E-state index contributed by atoms with van der Waals surface area (Å²) in [5, 5.41) is 11.0. The van der Waals surface area contributed by atoms with Crippen LogP contribution in [0.5, 0.6) is 0 Å². The van der Waals surface area contributed by atoms with Crippen molar-refractivity contribution in [3.63, 3.8) is 0 Å². The highest BCUT2D eigenvalue weighted by Crippen LogP contribution is 2.36. The first-order valence-corrected chi connectivity index (χ1v) is 10.1. The maximum atomic E-state index is 12.8. The highest BCUT2D eigenvalue weighted by molar-refractivity contribution is 7.99. The summed E-state index contributed by atoms with van der Waals surface area (Å²) in [5.41, 5.74) is 1.28. The van der Waals surface area contributed by atoms with Crippen LogP contribution in [0.15, 0.2) is 21.1 Å². The van der Waals surface area contributed by atoms with Crippen molar-refractivity contribution in [3.05, 3.63) is 31.9 Å². The van der Waals surface area contributed by atoms with Gasteiger partial charge in [0, 0.05) is 22.7 Å². The summed E-state index contributed by atoms with van der Waals surface area (Å²) in [6.07, 6.45) is 6.37. The lowest BCUT2D eigenvalue weighted by Gasteiger charge is -2.10. The Morgan fingerprint density at radius 1 is 1.38 bits per heavy atom. The van der Waals surface area contributed by atoms with Gasteiger partial charge in [-0.3, -0.25) is 9.36 Å². The Morgan fingerprint density at radius 2 is 2.17 bits per heavy atom. The van der Waals surface area contributed by atoms with E-state index in [4.69, 9.17) is 11.6 Å². The maximum absolute atomic E-state index is 12.8. The molecule has 8 heteroatoms. The van der Waals surface area contributed by atoms with Gasteiger partial charge in [0.15, 0.2) is 5.16 Å². The molecule has 1 aliphatic carbocycles. The number of aryl methyl sites for hydroxylation is 3. The SMILES string of the molecule is C/C(Cl)=C/CSc1nnc2n(C)c(=O)c3c4c(sc3n12)CCCC4. The van der Waals surface area contributed by atoms with Crippen molar-refractivity contribution in [2.24, 2.45) is 7.05 Å². The minimum Gasteiger partial charge on any atom is -0.279 e. The standard InChI is InChI=1S/C16H17ClN4OS2/c1-9(17)7-8-23-16-19-18-15-20(2)13(22)12-10-5-3-4-6-11(10)24-14(12)21(15)16/h7H,3-6,8H2,1-2H3/b9-7-. The zero-order valence-electron chi connectivity index (χ0n) is 13.5.